The summed E-state index contributed by atoms with van der Waals surface area (Å²) >= 11 is 0. The SMILES string of the molecule is O=C([O-])N1CC2CCCC(O)C21. The van der Waals surface area contributed by atoms with Crippen LogP contribution in [0.4, 0.5) is 4.79 Å². The molecule has 1 amide bonds. The molecular formula is C8H12NO3-. The van der Waals surface area contributed by atoms with E-state index in [0.29, 0.717) is 12.5 Å². The number of carboxylic acid groups (broad SMARTS) is 1. The molecule has 1 saturated carbocycles. The fourth-order valence-electron chi connectivity index (χ4n) is 2.34. The molecule has 68 valence electrons. The fourth-order valence-corrected chi connectivity index (χ4v) is 2.34. The highest BCUT2D eigenvalue weighted by Gasteiger charge is 2.45. The molecule has 0 radical (unpaired) electrons. The average molecular weight is 170 g/mol. The molecule has 3 atom stereocenters. The van der Waals surface area contributed by atoms with Crippen LogP contribution in [0, 0.1) is 5.92 Å². The fraction of sp³-hybridized carbons (Fsp3) is 0.875. The molecule has 0 aromatic heterocycles. The van der Waals surface area contributed by atoms with Gasteiger partial charge in [-0.1, -0.05) is 6.42 Å². The van der Waals surface area contributed by atoms with Crippen LogP contribution in [0.1, 0.15) is 19.3 Å². The number of fused-ring (bicyclic) bond motifs is 1. The first-order valence-electron chi connectivity index (χ1n) is 4.36. The summed E-state index contributed by atoms with van der Waals surface area (Å²) in [4.78, 5) is 11.7. The van der Waals surface area contributed by atoms with Crippen LogP contribution in [-0.4, -0.2) is 34.8 Å². The highest BCUT2D eigenvalue weighted by molar-refractivity contribution is 5.64. The second-order valence-corrected chi connectivity index (χ2v) is 3.67. The lowest BCUT2D eigenvalue weighted by atomic mass is 9.75. The third kappa shape index (κ3) is 0.982. The summed E-state index contributed by atoms with van der Waals surface area (Å²) in [6, 6.07) is -0.163. The first-order chi connectivity index (χ1) is 5.70. The molecule has 12 heavy (non-hydrogen) atoms. The minimum Gasteiger partial charge on any atom is -0.530 e. The molecule has 1 heterocycles. The lowest BCUT2D eigenvalue weighted by Gasteiger charge is -2.54. The molecular weight excluding hydrogens is 158 g/mol. The third-order valence-corrected chi connectivity index (χ3v) is 2.98. The number of rotatable bonds is 0. The van der Waals surface area contributed by atoms with Gasteiger partial charge in [-0.25, -0.2) is 0 Å². The number of aliphatic hydroxyl groups is 1. The van der Waals surface area contributed by atoms with Gasteiger partial charge in [-0.2, -0.15) is 0 Å². The Morgan fingerprint density at radius 3 is 2.83 bits per heavy atom. The maximum absolute atomic E-state index is 10.5. The number of nitrogens with zero attached hydrogens (tertiary/aromatic N) is 1. The van der Waals surface area contributed by atoms with Gasteiger partial charge in [-0.15, -0.1) is 0 Å². The molecule has 0 aromatic carbocycles. The monoisotopic (exact) mass is 170 g/mol. The zero-order valence-electron chi connectivity index (χ0n) is 6.77. The standard InChI is InChI=1S/C8H13NO3/c10-6-3-1-2-5-4-9(7(5)6)8(11)12/h5-7,10H,1-4H2,(H,11,12)/p-1. The Morgan fingerprint density at radius 2 is 2.25 bits per heavy atom. The highest BCUT2D eigenvalue weighted by Crippen LogP contribution is 2.36. The zero-order chi connectivity index (χ0) is 8.72. The van der Waals surface area contributed by atoms with E-state index in [1.54, 1.807) is 0 Å². The van der Waals surface area contributed by atoms with Crippen molar-refractivity contribution >= 4 is 6.09 Å². The molecule has 1 N–H and O–H groups in total. The van der Waals surface area contributed by atoms with Crippen LogP contribution < -0.4 is 5.11 Å². The van der Waals surface area contributed by atoms with Crippen LogP contribution in [-0.2, 0) is 0 Å². The van der Waals surface area contributed by atoms with Crippen molar-refractivity contribution in [3.8, 4) is 0 Å². The van der Waals surface area contributed by atoms with E-state index in [0.717, 1.165) is 19.3 Å². The van der Waals surface area contributed by atoms with Gasteiger partial charge in [0.25, 0.3) is 0 Å². The molecule has 2 fully saturated rings. The van der Waals surface area contributed by atoms with Crippen molar-refractivity contribution < 1.29 is 15.0 Å². The van der Waals surface area contributed by atoms with Crippen LogP contribution >= 0.6 is 0 Å². The Morgan fingerprint density at radius 1 is 1.50 bits per heavy atom. The predicted molar refractivity (Wildman–Crippen MR) is 39.2 cm³/mol. The van der Waals surface area contributed by atoms with E-state index in [1.807, 2.05) is 0 Å². The van der Waals surface area contributed by atoms with E-state index < -0.39 is 12.2 Å². The van der Waals surface area contributed by atoms with Crippen molar-refractivity contribution in [2.45, 2.75) is 31.4 Å². The quantitative estimate of drug-likeness (QED) is 0.516. The number of aliphatic hydroxyl groups excluding tert-OH is 1. The Hall–Kier alpha value is -0.770. The van der Waals surface area contributed by atoms with Crippen LogP contribution in [0.5, 0.6) is 0 Å². The second-order valence-electron chi connectivity index (χ2n) is 3.67. The molecule has 4 heteroatoms. The Labute approximate surface area is 70.8 Å². The molecule has 0 spiro atoms. The molecule has 3 unspecified atom stereocenters. The molecule has 0 bridgehead atoms. The molecule has 2 rings (SSSR count). The van der Waals surface area contributed by atoms with Gasteiger partial charge in [-0.05, 0) is 18.8 Å². The largest absolute Gasteiger partial charge is 0.530 e. The molecule has 4 nitrogen and oxygen atoms in total. The van der Waals surface area contributed by atoms with Crippen molar-refractivity contribution in [3.05, 3.63) is 0 Å². The number of likely N-dealkylation sites (tertiary alicyclic amines) is 1. The van der Waals surface area contributed by atoms with Crippen LogP contribution in [0.15, 0.2) is 0 Å². The lowest BCUT2D eigenvalue weighted by molar-refractivity contribution is -0.281. The number of carbonyl (C=O) groups is 1. The summed E-state index contributed by atoms with van der Waals surface area (Å²) in [5.74, 6) is 0.381. The highest BCUT2D eigenvalue weighted by atomic mass is 16.4. The predicted octanol–water partition coefficient (Wildman–Crippen LogP) is -0.825. The van der Waals surface area contributed by atoms with Gasteiger partial charge in [0.1, 0.15) is 6.09 Å². The van der Waals surface area contributed by atoms with Gasteiger partial charge in [0.05, 0.1) is 12.1 Å². The topological polar surface area (TPSA) is 63.6 Å². The summed E-state index contributed by atoms with van der Waals surface area (Å²) in [5.41, 5.74) is 0. The van der Waals surface area contributed by atoms with Crippen molar-refractivity contribution in [1.82, 2.24) is 4.90 Å². The minimum absolute atomic E-state index is 0.163. The normalized spacial score (nSPS) is 40.1. The Bertz CT molecular complexity index is 200. The van der Waals surface area contributed by atoms with Gasteiger partial charge >= 0.3 is 0 Å². The van der Waals surface area contributed by atoms with E-state index >= 15 is 0 Å². The smallest absolute Gasteiger partial charge is 0.137 e. The maximum Gasteiger partial charge on any atom is 0.137 e. The Kier molecular flexibility index (Phi) is 1.72. The number of amides is 1. The summed E-state index contributed by atoms with van der Waals surface area (Å²) < 4.78 is 0. The van der Waals surface area contributed by atoms with E-state index in [-0.39, 0.29) is 6.04 Å². The summed E-state index contributed by atoms with van der Waals surface area (Å²) in [6.07, 6.45) is 1.19. The van der Waals surface area contributed by atoms with Gasteiger partial charge in [0.2, 0.25) is 0 Å². The molecule has 0 aromatic rings. The number of hydrogen-bond acceptors (Lipinski definition) is 3. The molecule has 2 aliphatic rings. The van der Waals surface area contributed by atoms with Crippen LogP contribution in [0.2, 0.25) is 0 Å². The first-order valence-corrected chi connectivity index (χ1v) is 4.36. The molecule has 1 aliphatic heterocycles. The van der Waals surface area contributed by atoms with Gasteiger partial charge in [0.15, 0.2) is 0 Å². The van der Waals surface area contributed by atoms with Gasteiger partial charge < -0.3 is 19.9 Å². The Balaban J connectivity index is 2.03. The number of hydrogen-bond donors (Lipinski definition) is 1. The van der Waals surface area contributed by atoms with Gasteiger partial charge in [0, 0.05) is 6.54 Å². The second kappa shape index (κ2) is 2.62. The lowest BCUT2D eigenvalue weighted by Crippen LogP contribution is -2.67. The number of carbonyl (C=O) groups excluding carboxylic acids is 1. The van der Waals surface area contributed by atoms with E-state index in [4.69, 9.17) is 0 Å². The summed E-state index contributed by atoms with van der Waals surface area (Å²) in [7, 11) is 0. The van der Waals surface area contributed by atoms with Crippen molar-refractivity contribution in [1.29, 1.82) is 0 Å². The third-order valence-electron chi connectivity index (χ3n) is 2.98. The van der Waals surface area contributed by atoms with Crippen LogP contribution in [0.3, 0.4) is 0 Å². The van der Waals surface area contributed by atoms with E-state index in [2.05, 4.69) is 0 Å². The van der Waals surface area contributed by atoms with Crippen LogP contribution in [0.25, 0.3) is 0 Å². The van der Waals surface area contributed by atoms with Crippen molar-refractivity contribution in [3.63, 3.8) is 0 Å². The van der Waals surface area contributed by atoms with Crippen molar-refractivity contribution in [2.24, 2.45) is 5.92 Å². The maximum atomic E-state index is 10.5. The van der Waals surface area contributed by atoms with E-state index in [9.17, 15) is 15.0 Å². The first kappa shape index (κ1) is 7.86. The zero-order valence-corrected chi connectivity index (χ0v) is 6.77. The summed E-state index contributed by atoms with van der Waals surface area (Å²) in [5, 5.41) is 20.0. The van der Waals surface area contributed by atoms with E-state index in [1.165, 1.54) is 4.90 Å². The van der Waals surface area contributed by atoms with Gasteiger partial charge in [-0.3, -0.25) is 0 Å². The summed E-state index contributed by atoms with van der Waals surface area (Å²) in [6.45, 7) is 0.560. The molecule has 1 saturated heterocycles. The average Bonchev–Trinajstić information content (AvgIpc) is 1.91. The van der Waals surface area contributed by atoms with Crippen molar-refractivity contribution in [2.75, 3.05) is 6.54 Å². The molecule has 1 aliphatic carbocycles. The minimum atomic E-state index is -1.14.